The van der Waals surface area contributed by atoms with Crippen molar-refractivity contribution in [3.63, 3.8) is 0 Å². The van der Waals surface area contributed by atoms with Gasteiger partial charge in [0.1, 0.15) is 12.4 Å². The van der Waals surface area contributed by atoms with Gasteiger partial charge in [-0.05, 0) is 37.8 Å². The molecule has 15 heavy (non-hydrogen) atoms. The van der Waals surface area contributed by atoms with E-state index in [9.17, 15) is 0 Å². The van der Waals surface area contributed by atoms with E-state index in [0.717, 1.165) is 18.6 Å². The van der Waals surface area contributed by atoms with Crippen molar-refractivity contribution in [3.05, 3.63) is 29.3 Å². The number of aryl methyl sites for hydroxylation is 2. The van der Waals surface area contributed by atoms with Crippen LogP contribution in [0.2, 0.25) is 0 Å². The van der Waals surface area contributed by atoms with Gasteiger partial charge in [-0.2, -0.15) is 0 Å². The number of nitrogens with two attached hydrogens (primary N) is 1. The normalized spacial score (nSPS) is 16.7. The largest absolute Gasteiger partial charge is 0.491 e. The maximum atomic E-state index is 5.97. The van der Waals surface area contributed by atoms with E-state index in [-0.39, 0.29) is 17.9 Å². The minimum absolute atomic E-state index is 0. The molecule has 3 heteroatoms. The van der Waals surface area contributed by atoms with Crippen LogP contribution in [0.25, 0.3) is 0 Å². The average molecular weight is 228 g/mol. The summed E-state index contributed by atoms with van der Waals surface area (Å²) in [7, 11) is 0. The standard InChI is InChI=1S/C12H17NO.ClH/c1-9-4-3-5-10(2)11(9)14-8-12(13)6-7-12;/h3-5H,6-8,13H2,1-2H3;1H. The number of ether oxygens (including phenoxy) is 1. The lowest BCUT2D eigenvalue weighted by Crippen LogP contribution is -2.30. The summed E-state index contributed by atoms with van der Waals surface area (Å²) in [4.78, 5) is 0. The van der Waals surface area contributed by atoms with Crippen LogP contribution in [0.5, 0.6) is 5.75 Å². The van der Waals surface area contributed by atoms with Crippen molar-refractivity contribution < 1.29 is 4.74 Å². The first kappa shape index (κ1) is 12.3. The Bertz CT molecular complexity index is 327. The molecule has 2 N–H and O–H groups in total. The molecular formula is C12H18ClNO. The molecule has 1 aromatic rings. The Morgan fingerprint density at radius 3 is 2.27 bits per heavy atom. The lowest BCUT2D eigenvalue weighted by atomic mass is 10.1. The Kier molecular flexibility index (Phi) is 3.63. The molecule has 1 saturated carbocycles. The molecule has 0 amide bonds. The molecular weight excluding hydrogens is 210 g/mol. The van der Waals surface area contributed by atoms with Crippen LogP contribution >= 0.6 is 12.4 Å². The van der Waals surface area contributed by atoms with Crippen molar-refractivity contribution in [1.82, 2.24) is 0 Å². The Balaban J connectivity index is 0.00000112. The molecule has 0 saturated heterocycles. The van der Waals surface area contributed by atoms with Gasteiger partial charge in [0.2, 0.25) is 0 Å². The fraction of sp³-hybridized carbons (Fsp3) is 0.500. The summed E-state index contributed by atoms with van der Waals surface area (Å²) >= 11 is 0. The Labute approximate surface area is 97.2 Å². The van der Waals surface area contributed by atoms with Crippen molar-refractivity contribution >= 4 is 12.4 Å². The van der Waals surface area contributed by atoms with Crippen LogP contribution in [0.15, 0.2) is 18.2 Å². The second-order valence-electron chi connectivity index (χ2n) is 4.37. The van der Waals surface area contributed by atoms with Gasteiger partial charge in [-0.3, -0.25) is 0 Å². The van der Waals surface area contributed by atoms with Gasteiger partial charge in [0.05, 0.1) is 5.54 Å². The maximum absolute atomic E-state index is 5.97. The maximum Gasteiger partial charge on any atom is 0.125 e. The van der Waals surface area contributed by atoms with Crippen LogP contribution in [0.4, 0.5) is 0 Å². The summed E-state index contributed by atoms with van der Waals surface area (Å²) in [6.07, 6.45) is 2.19. The fourth-order valence-electron chi connectivity index (χ4n) is 1.55. The van der Waals surface area contributed by atoms with Gasteiger partial charge in [0, 0.05) is 0 Å². The van der Waals surface area contributed by atoms with Crippen LogP contribution < -0.4 is 10.5 Å². The lowest BCUT2D eigenvalue weighted by molar-refractivity contribution is 0.276. The highest BCUT2D eigenvalue weighted by Crippen LogP contribution is 2.33. The van der Waals surface area contributed by atoms with Gasteiger partial charge < -0.3 is 10.5 Å². The van der Waals surface area contributed by atoms with E-state index in [4.69, 9.17) is 10.5 Å². The SMILES string of the molecule is Cc1cccc(C)c1OCC1(N)CC1.Cl. The summed E-state index contributed by atoms with van der Waals surface area (Å²) in [6, 6.07) is 6.18. The molecule has 0 radical (unpaired) electrons. The molecule has 0 bridgehead atoms. The predicted octanol–water partition coefficient (Wildman–Crippen LogP) is 2.60. The average Bonchev–Trinajstić information content (AvgIpc) is 2.83. The zero-order chi connectivity index (χ0) is 10.2. The summed E-state index contributed by atoms with van der Waals surface area (Å²) in [5.74, 6) is 1.00. The van der Waals surface area contributed by atoms with Gasteiger partial charge in [0.25, 0.3) is 0 Å². The number of para-hydroxylation sites is 1. The molecule has 0 unspecified atom stereocenters. The molecule has 0 spiro atoms. The van der Waals surface area contributed by atoms with Gasteiger partial charge in [-0.25, -0.2) is 0 Å². The molecule has 84 valence electrons. The van der Waals surface area contributed by atoms with E-state index in [1.807, 2.05) is 6.07 Å². The first-order chi connectivity index (χ1) is 6.61. The van der Waals surface area contributed by atoms with Crippen molar-refractivity contribution in [2.75, 3.05) is 6.61 Å². The molecule has 1 aliphatic rings. The first-order valence-electron chi connectivity index (χ1n) is 5.09. The second-order valence-corrected chi connectivity index (χ2v) is 4.37. The molecule has 1 aromatic carbocycles. The molecule has 0 heterocycles. The summed E-state index contributed by atoms with van der Waals surface area (Å²) in [5, 5.41) is 0. The highest BCUT2D eigenvalue weighted by atomic mass is 35.5. The van der Waals surface area contributed by atoms with Crippen LogP contribution in [0.3, 0.4) is 0 Å². The number of rotatable bonds is 3. The van der Waals surface area contributed by atoms with Crippen LogP contribution in [-0.4, -0.2) is 12.1 Å². The topological polar surface area (TPSA) is 35.2 Å². The minimum atomic E-state index is -0.0330. The second kappa shape index (κ2) is 4.42. The van der Waals surface area contributed by atoms with E-state index >= 15 is 0 Å². The van der Waals surface area contributed by atoms with E-state index in [2.05, 4.69) is 26.0 Å². The Morgan fingerprint density at radius 1 is 1.27 bits per heavy atom. The smallest absolute Gasteiger partial charge is 0.125 e. The fourth-order valence-corrected chi connectivity index (χ4v) is 1.55. The molecule has 0 atom stereocenters. The van der Waals surface area contributed by atoms with Gasteiger partial charge in [-0.15, -0.1) is 12.4 Å². The number of benzene rings is 1. The molecule has 0 aromatic heterocycles. The monoisotopic (exact) mass is 227 g/mol. The number of hydrogen-bond donors (Lipinski definition) is 1. The number of halogens is 1. The summed E-state index contributed by atoms with van der Waals surface area (Å²) < 4.78 is 5.77. The van der Waals surface area contributed by atoms with Gasteiger partial charge >= 0.3 is 0 Å². The molecule has 2 nitrogen and oxygen atoms in total. The Morgan fingerprint density at radius 2 is 1.80 bits per heavy atom. The lowest BCUT2D eigenvalue weighted by Gasteiger charge is -2.14. The zero-order valence-corrected chi connectivity index (χ0v) is 10.1. The van der Waals surface area contributed by atoms with E-state index < -0.39 is 0 Å². The van der Waals surface area contributed by atoms with Crippen molar-refractivity contribution in [2.24, 2.45) is 5.73 Å². The minimum Gasteiger partial charge on any atom is -0.491 e. The third-order valence-electron chi connectivity index (χ3n) is 2.80. The molecule has 2 rings (SSSR count). The third-order valence-corrected chi connectivity index (χ3v) is 2.80. The van der Waals surface area contributed by atoms with Gasteiger partial charge in [0.15, 0.2) is 0 Å². The first-order valence-corrected chi connectivity index (χ1v) is 5.09. The van der Waals surface area contributed by atoms with Gasteiger partial charge in [-0.1, -0.05) is 18.2 Å². The van der Waals surface area contributed by atoms with Crippen molar-refractivity contribution in [3.8, 4) is 5.75 Å². The van der Waals surface area contributed by atoms with E-state index in [0.29, 0.717) is 6.61 Å². The quantitative estimate of drug-likeness (QED) is 0.862. The summed E-state index contributed by atoms with van der Waals surface area (Å²) in [6.45, 7) is 4.79. The Hall–Kier alpha value is -0.730. The summed E-state index contributed by atoms with van der Waals surface area (Å²) in [5.41, 5.74) is 8.31. The predicted molar refractivity (Wildman–Crippen MR) is 64.8 cm³/mol. The molecule has 1 aliphatic carbocycles. The van der Waals surface area contributed by atoms with E-state index in [1.165, 1.54) is 11.1 Å². The van der Waals surface area contributed by atoms with Crippen molar-refractivity contribution in [1.29, 1.82) is 0 Å². The van der Waals surface area contributed by atoms with Crippen LogP contribution in [-0.2, 0) is 0 Å². The number of hydrogen-bond acceptors (Lipinski definition) is 2. The zero-order valence-electron chi connectivity index (χ0n) is 9.25. The highest BCUT2D eigenvalue weighted by molar-refractivity contribution is 5.85. The molecule has 0 aliphatic heterocycles. The highest BCUT2D eigenvalue weighted by Gasteiger charge is 2.39. The third kappa shape index (κ3) is 2.86. The molecule has 1 fully saturated rings. The van der Waals surface area contributed by atoms with E-state index in [1.54, 1.807) is 0 Å². The van der Waals surface area contributed by atoms with Crippen LogP contribution in [0.1, 0.15) is 24.0 Å². The van der Waals surface area contributed by atoms with Crippen molar-refractivity contribution in [2.45, 2.75) is 32.2 Å². The van der Waals surface area contributed by atoms with Crippen LogP contribution in [0, 0.1) is 13.8 Å².